The van der Waals surface area contributed by atoms with Gasteiger partial charge in [-0.15, -0.1) is 0 Å². The smallest absolute Gasteiger partial charge is 0.178 e. The molecule has 0 aliphatic carbocycles. The van der Waals surface area contributed by atoms with Crippen LogP contribution in [0, 0.1) is 0 Å². The molecule has 0 bridgehead atoms. The van der Waals surface area contributed by atoms with Crippen molar-refractivity contribution in [1.29, 1.82) is 0 Å². The lowest BCUT2D eigenvalue weighted by Gasteiger charge is -2.35. The highest BCUT2D eigenvalue weighted by molar-refractivity contribution is 9.10. The second-order valence-electron chi connectivity index (χ2n) is 3.03. The van der Waals surface area contributed by atoms with Gasteiger partial charge in [0.05, 0.1) is 16.4 Å². The number of rotatable bonds is 1. The first-order chi connectivity index (χ1) is 5.63. The van der Waals surface area contributed by atoms with Gasteiger partial charge in [0.2, 0.25) is 0 Å². The number of aryl methyl sites for hydroxylation is 1. The van der Waals surface area contributed by atoms with Crippen LogP contribution < -0.4 is 5.32 Å². The van der Waals surface area contributed by atoms with E-state index >= 15 is 0 Å². The minimum absolute atomic E-state index is 0.380. The molecule has 1 saturated heterocycles. The average molecular weight is 234 g/mol. The van der Waals surface area contributed by atoms with Crippen LogP contribution in [0.2, 0.25) is 0 Å². The predicted octanol–water partition coefficient (Wildman–Crippen LogP) is 0.951. The second-order valence-corrected chi connectivity index (χ2v) is 3.89. The summed E-state index contributed by atoms with van der Waals surface area (Å²) in [6.45, 7) is 0.760. The van der Waals surface area contributed by atoms with E-state index in [0.717, 1.165) is 4.47 Å². The zero-order valence-corrected chi connectivity index (χ0v) is 8.23. The molecule has 5 heteroatoms. The lowest BCUT2D eigenvalue weighted by atomic mass is 9.95. The predicted molar refractivity (Wildman–Crippen MR) is 46.6 cm³/mol. The molecular formula is C7H9BrFN3. The maximum Gasteiger partial charge on any atom is 0.178 e. The van der Waals surface area contributed by atoms with Gasteiger partial charge in [-0.2, -0.15) is 5.10 Å². The molecule has 0 saturated carbocycles. The number of nitrogens with zero attached hydrogens (tertiary/aromatic N) is 2. The number of nitrogens with one attached hydrogen (secondary N) is 1. The maximum absolute atomic E-state index is 13.8. The van der Waals surface area contributed by atoms with Crippen molar-refractivity contribution < 1.29 is 4.39 Å². The molecule has 0 unspecified atom stereocenters. The zero-order valence-electron chi connectivity index (χ0n) is 6.64. The van der Waals surface area contributed by atoms with E-state index in [1.165, 1.54) is 0 Å². The normalized spacial score (nSPS) is 20.6. The van der Waals surface area contributed by atoms with Gasteiger partial charge < -0.3 is 5.32 Å². The molecule has 0 atom stereocenters. The Bertz CT molecular complexity index is 286. The lowest BCUT2D eigenvalue weighted by molar-refractivity contribution is 0.0785. The van der Waals surface area contributed by atoms with Gasteiger partial charge in [-0.1, -0.05) is 0 Å². The molecule has 1 N–H and O–H groups in total. The van der Waals surface area contributed by atoms with Gasteiger partial charge in [0.1, 0.15) is 0 Å². The summed E-state index contributed by atoms with van der Waals surface area (Å²) in [5, 5.41) is 6.87. The Hall–Kier alpha value is -0.420. The van der Waals surface area contributed by atoms with E-state index < -0.39 is 5.67 Å². The third kappa shape index (κ3) is 0.998. The van der Waals surface area contributed by atoms with Crippen molar-refractivity contribution in [2.45, 2.75) is 5.67 Å². The lowest BCUT2D eigenvalue weighted by Crippen LogP contribution is -2.54. The fourth-order valence-electron chi connectivity index (χ4n) is 1.43. The molecule has 0 amide bonds. The van der Waals surface area contributed by atoms with Crippen molar-refractivity contribution in [2.75, 3.05) is 13.1 Å². The molecule has 2 rings (SSSR count). The molecule has 0 radical (unpaired) electrons. The van der Waals surface area contributed by atoms with E-state index in [2.05, 4.69) is 26.3 Å². The molecule has 1 aliphatic heterocycles. The third-order valence-electron chi connectivity index (χ3n) is 2.13. The molecule has 1 aliphatic rings. The summed E-state index contributed by atoms with van der Waals surface area (Å²) in [5.74, 6) is 0. The van der Waals surface area contributed by atoms with Crippen molar-refractivity contribution in [3.63, 3.8) is 0 Å². The molecular weight excluding hydrogens is 225 g/mol. The molecule has 1 aromatic rings. The molecule has 66 valence electrons. The van der Waals surface area contributed by atoms with Crippen LogP contribution in [0.25, 0.3) is 0 Å². The van der Waals surface area contributed by atoms with Crippen molar-refractivity contribution in [1.82, 2.24) is 15.1 Å². The summed E-state index contributed by atoms with van der Waals surface area (Å²) in [7, 11) is 1.75. The van der Waals surface area contributed by atoms with Crippen LogP contribution >= 0.6 is 15.9 Å². The highest BCUT2D eigenvalue weighted by atomic mass is 79.9. The Labute approximate surface area is 78.1 Å². The topological polar surface area (TPSA) is 29.9 Å². The van der Waals surface area contributed by atoms with Crippen LogP contribution in [0.4, 0.5) is 4.39 Å². The number of hydrogen-bond acceptors (Lipinski definition) is 2. The zero-order chi connectivity index (χ0) is 8.77. The summed E-state index contributed by atoms with van der Waals surface area (Å²) in [6, 6.07) is 0. The van der Waals surface area contributed by atoms with Crippen LogP contribution in [0.1, 0.15) is 5.69 Å². The first-order valence-electron chi connectivity index (χ1n) is 3.71. The maximum atomic E-state index is 13.8. The molecule has 12 heavy (non-hydrogen) atoms. The molecule has 2 heterocycles. The molecule has 1 aromatic heterocycles. The van der Waals surface area contributed by atoms with Crippen LogP contribution in [-0.4, -0.2) is 22.9 Å². The Morgan fingerprint density at radius 1 is 1.75 bits per heavy atom. The van der Waals surface area contributed by atoms with Crippen LogP contribution in [0.5, 0.6) is 0 Å². The van der Waals surface area contributed by atoms with Gasteiger partial charge in [-0.05, 0) is 15.9 Å². The fraction of sp³-hybridized carbons (Fsp3) is 0.571. The van der Waals surface area contributed by atoms with Crippen molar-refractivity contribution >= 4 is 15.9 Å². The van der Waals surface area contributed by atoms with Crippen LogP contribution in [-0.2, 0) is 12.7 Å². The minimum Gasteiger partial charge on any atom is -0.309 e. The summed E-state index contributed by atoms with van der Waals surface area (Å²) >= 11 is 3.28. The summed E-state index contributed by atoms with van der Waals surface area (Å²) in [4.78, 5) is 0. The van der Waals surface area contributed by atoms with Crippen LogP contribution in [0.15, 0.2) is 10.7 Å². The van der Waals surface area contributed by atoms with E-state index in [9.17, 15) is 4.39 Å². The molecule has 1 fully saturated rings. The molecule has 3 nitrogen and oxygen atoms in total. The van der Waals surface area contributed by atoms with Crippen LogP contribution in [0.3, 0.4) is 0 Å². The van der Waals surface area contributed by atoms with E-state index in [1.807, 2.05) is 0 Å². The Kier molecular flexibility index (Phi) is 1.73. The number of halogens is 2. The summed E-state index contributed by atoms with van der Waals surface area (Å²) < 4.78 is 16.2. The quantitative estimate of drug-likeness (QED) is 0.784. The minimum atomic E-state index is -1.23. The van der Waals surface area contributed by atoms with Gasteiger partial charge >= 0.3 is 0 Å². The highest BCUT2D eigenvalue weighted by Gasteiger charge is 2.42. The largest absolute Gasteiger partial charge is 0.309 e. The van der Waals surface area contributed by atoms with Gasteiger partial charge in [0, 0.05) is 20.1 Å². The Balaban J connectivity index is 2.44. The van der Waals surface area contributed by atoms with E-state index in [1.54, 1.807) is 17.9 Å². The average Bonchev–Trinajstić information content (AvgIpc) is 2.27. The molecule has 0 spiro atoms. The fourth-order valence-corrected chi connectivity index (χ4v) is 2.13. The first-order valence-corrected chi connectivity index (χ1v) is 4.50. The van der Waals surface area contributed by atoms with Crippen molar-refractivity contribution in [2.24, 2.45) is 7.05 Å². The number of aromatic nitrogens is 2. The standard InChI is InChI=1S/C7H9BrFN3/c1-12-6(5(8)2-11-12)7(9)3-10-4-7/h2,10H,3-4H2,1H3. The van der Waals surface area contributed by atoms with E-state index in [-0.39, 0.29) is 0 Å². The summed E-state index contributed by atoms with van der Waals surface area (Å²) in [5.41, 5.74) is -0.606. The first kappa shape index (κ1) is 8.19. The molecule has 0 aromatic carbocycles. The Morgan fingerprint density at radius 2 is 2.42 bits per heavy atom. The third-order valence-corrected chi connectivity index (χ3v) is 2.71. The monoisotopic (exact) mass is 233 g/mol. The SMILES string of the molecule is Cn1ncc(Br)c1C1(F)CNC1. The van der Waals surface area contributed by atoms with Crippen molar-refractivity contribution in [3.8, 4) is 0 Å². The van der Waals surface area contributed by atoms with E-state index in [4.69, 9.17) is 0 Å². The van der Waals surface area contributed by atoms with Gasteiger partial charge in [0.25, 0.3) is 0 Å². The van der Waals surface area contributed by atoms with Gasteiger partial charge in [-0.25, -0.2) is 4.39 Å². The Morgan fingerprint density at radius 3 is 2.75 bits per heavy atom. The van der Waals surface area contributed by atoms with Crippen molar-refractivity contribution in [3.05, 3.63) is 16.4 Å². The van der Waals surface area contributed by atoms with Gasteiger partial charge in [0.15, 0.2) is 5.67 Å². The highest BCUT2D eigenvalue weighted by Crippen LogP contribution is 2.34. The van der Waals surface area contributed by atoms with E-state index in [0.29, 0.717) is 18.8 Å². The number of hydrogen-bond donors (Lipinski definition) is 1. The van der Waals surface area contributed by atoms with Gasteiger partial charge in [-0.3, -0.25) is 4.68 Å². The second kappa shape index (κ2) is 2.53. The number of alkyl halides is 1. The summed E-state index contributed by atoms with van der Waals surface area (Å²) in [6.07, 6.45) is 1.62.